The molecular weight excluding hydrogens is 306 g/mol. The second kappa shape index (κ2) is 8.80. The molecule has 24 heavy (non-hydrogen) atoms. The topological polar surface area (TPSA) is 69.4 Å². The fraction of sp³-hybridized carbons (Fsp3) is 0.556. The molecule has 3 rings (SSSR count). The van der Waals surface area contributed by atoms with Gasteiger partial charge in [0.15, 0.2) is 5.82 Å². The highest BCUT2D eigenvalue weighted by Gasteiger charge is 2.16. The molecule has 1 fully saturated rings. The van der Waals surface area contributed by atoms with Gasteiger partial charge in [0.05, 0.1) is 13.7 Å². The SMILES string of the molecule is COc1cccc(COCc2noc(CC3CCCNCC3)n2)c1. The Morgan fingerprint density at radius 3 is 3.12 bits per heavy atom. The normalized spacial score (nSPS) is 18.3. The molecule has 0 aliphatic carbocycles. The van der Waals surface area contributed by atoms with Crippen LogP contribution in [0.5, 0.6) is 5.75 Å². The zero-order chi connectivity index (χ0) is 16.6. The lowest BCUT2D eigenvalue weighted by Gasteiger charge is -2.09. The molecule has 1 aliphatic heterocycles. The number of nitrogens with one attached hydrogen (secondary N) is 1. The Bertz CT molecular complexity index is 621. The minimum atomic E-state index is 0.354. The molecule has 0 spiro atoms. The van der Waals surface area contributed by atoms with E-state index < -0.39 is 0 Å². The lowest BCUT2D eigenvalue weighted by atomic mass is 9.97. The summed E-state index contributed by atoms with van der Waals surface area (Å²) in [6.07, 6.45) is 4.47. The minimum Gasteiger partial charge on any atom is -0.497 e. The number of rotatable bonds is 7. The first-order valence-corrected chi connectivity index (χ1v) is 8.56. The summed E-state index contributed by atoms with van der Waals surface area (Å²) in [5.74, 6) is 2.79. The fourth-order valence-electron chi connectivity index (χ4n) is 3.00. The van der Waals surface area contributed by atoms with Gasteiger partial charge in [-0.05, 0) is 56.0 Å². The summed E-state index contributed by atoms with van der Waals surface area (Å²) in [5.41, 5.74) is 1.06. The van der Waals surface area contributed by atoms with Gasteiger partial charge < -0.3 is 19.3 Å². The lowest BCUT2D eigenvalue weighted by Crippen LogP contribution is -2.14. The molecule has 6 nitrogen and oxygen atoms in total. The van der Waals surface area contributed by atoms with Crippen LogP contribution in [0, 0.1) is 5.92 Å². The second-order valence-electron chi connectivity index (χ2n) is 6.20. The summed E-state index contributed by atoms with van der Waals surface area (Å²) in [4.78, 5) is 4.45. The third-order valence-electron chi connectivity index (χ3n) is 4.30. The molecule has 130 valence electrons. The van der Waals surface area contributed by atoms with Crippen molar-refractivity contribution in [3.05, 3.63) is 41.5 Å². The summed E-state index contributed by atoms with van der Waals surface area (Å²) in [6, 6.07) is 7.83. The van der Waals surface area contributed by atoms with Gasteiger partial charge in [-0.3, -0.25) is 0 Å². The Hall–Kier alpha value is -1.92. The second-order valence-corrected chi connectivity index (χ2v) is 6.20. The van der Waals surface area contributed by atoms with Crippen LogP contribution in [0.2, 0.25) is 0 Å². The Balaban J connectivity index is 1.45. The largest absolute Gasteiger partial charge is 0.497 e. The van der Waals surface area contributed by atoms with Crippen LogP contribution in [-0.4, -0.2) is 30.3 Å². The van der Waals surface area contributed by atoms with E-state index >= 15 is 0 Å². The third-order valence-corrected chi connectivity index (χ3v) is 4.30. The molecule has 1 aromatic carbocycles. The van der Waals surface area contributed by atoms with Gasteiger partial charge in [-0.15, -0.1) is 0 Å². The maximum absolute atomic E-state index is 5.68. The summed E-state index contributed by atoms with van der Waals surface area (Å²) in [5, 5.41) is 7.44. The molecule has 6 heteroatoms. The molecule has 1 saturated heterocycles. The van der Waals surface area contributed by atoms with E-state index in [4.69, 9.17) is 14.0 Å². The van der Waals surface area contributed by atoms with E-state index in [0.29, 0.717) is 25.0 Å². The highest BCUT2D eigenvalue weighted by atomic mass is 16.5. The molecule has 2 heterocycles. The van der Waals surface area contributed by atoms with Crippen LogP contribution in [0.15, 0.2) is 28.8 Å². The Morgan fingerprint density at radius 2 is 2.21 bits per heavy atom. The van der Waals surface area contributed by atoms with Crippen LogP contribution in [0.25, 0.3) is 0 Å². The molecule has 1 N–H and O–H groups in total. The number of hydrogen-bond acceptors (Lipinski definition) is 6. The molecule has 1 aliphatic rings. The number of hydrogen-bond donors (Lipinski definition) is 1. The predicted octanol–water partition coefficient (Wildman–Crippen LogP) is 2.73. The van der Waals surface area contributed by atoms with Gasteiger partial charge in [0.2, 0.25) is 5.89 Å². The van der Waals surface area contributed by atoms with Crippen molar-refractivity contribution < 1.29 is 14.0 Å². The standard InChI is InChI=1S/C18H25N3O3/c1-22-16-6-2-4-15(10-16)12-23-13-17-20-18(24-21-17)11-14-5-3-8-19-9-7-14/h2,4,6,10,14,19H,3,5,7-9,11-13H2,1H3. The van der Waals surface area contributed by atoms with Crippen molar-refractivity contribution in [1.82, 2.24) is 15.5 Å². The summed E-state index contributed by atoms with van der Waals surface area (Å²) in [7, 11) is 1.66. The van der Waals surface area contributed by atoms with E-state index in [-0.39, 0.29) is 0 Å². The summed E-state index contributed by atoms with van der Waals surface area (Å²) in [6.45, 7) is 3.04. The van der Waals surface area contributed by atoms with Crippen LogP contribution >= 0.6 is 0 Å². The predicted molar refractivity (Wildman–Crippen MR) is 89.7 cm³/mol. The van der Waals surface area contributed by atoms with Gasteiger partial charge in [-0.1, -0.05) is 17.3 Å². The van der Waals surface area contributed by atoms with E-state index in [0.717, 1.165) is 36.7 Å². The highest BCUT2D eigenvalue weighted by molar-refractivity contribution is 5.27. The fourth-order valence-corrected chi connectivity index (χ4v) is 3.00. The minimum absolute atomic E-state index is 0.354. The van der Waals surface area contributed by atoms with Crippen LogP contribution in [0.4, 0.5) is 0 Å². The third kappa shape index (κ3) is 5.04. The Labute approximate surface area is 142 Å². The molecule has 0 saturated carbocycles. The van der Waals surface area contributed by atoms with E-state index in [1.807, 2.05) is 24.3 Å². The monoisotopic (exact) mass is 331 g/mol. The maximum Gasteiger partial charge on any atom is 0.227 e. The Morgan fingerprint density at radius 1 is 1.25 bits per heavy atom. The maximum atomic E-state index is 5.68. The van der Waals surface area contributed by atoms with Gasteiger partial charge in [0, 0.05) is 6.42 Å². The van der Waals surface area contributed by atoms with Crippen LogP contribution in [-0.2, 0) is 24.4 Å². The number of benzene rings is 1. The molecule has 2 aromatic rings. The molecule has 0 amide bonds. The van der Waals surface area contributed by atoms with Crippen molar-refractivity contribution in [1.29, 1.82) is 0 Å². The van der Waals surface area contributed by atoms with Crippen molar-refractivity contribution >= 4 is 0 Å². The van der Waals surface area contributed by atoms with Gasteiger partial charge in [0.1, 0.15) is 12.4 Å². The van der Waals surface area contributed by atoms with Crippen molar-refractivity contribution in [2.24, 2.45) is 5.92 Å². The first kappa shape index (κ1) is 16.9. The average molecular weight is 331 g/mol. The zero-order valence-electron chi connectivity index (χ0n) is 14.2. The first-order chi connectivity index (χ1) is 11.8. The van der Waals surface area contributed by atoms with Gasteiger partial charge in [0.25, 0.3) is 0 Å². The van der Waals surface area contributed by atoms with Crippen molar-refractivity contribution in [2.45, 2.75) is 38.9 Å². The highest BCUT2D eigenvalue weighted by Crippen LogP contribution is 2.18. The van der Waals surface area contributed by atoms with Gasteiger partial charge in [-0.25, -0.2) is 0 Å². The zero-order valence-corrected chi connectivity index (χ0v) is 14.2. The number of aromatic nitrogens is 2. The average Bonchev–Trinajstić information content (AvgIpc) is 2.88. The van der Waals surface area contributed by atoms with E-state index in [1.165, 1.54) is 19.3 Å². The molecule has 0 bridgehead atoms. The van der Waals surface area contributed by atoms with Crippen LogP contribution in [0.3, 0.4) is 0 Å². The van der Waals surface area contributed by atoms with Crippen LogP contribution < -0.4 is 10.1 Å². The summed E-state index contributed by atoms with van der Waals surface area (Å²) < 4.78 is 16.2. The number of ether oxygens (including phenoxy) is 2. The molecule has 1 atom stereocenters. The number of methoxy groups -OCH3 is 1. The molecule has 1 aromatic heterocycles. The van der Waals surface area contributed by atoms with Crippen molar-refractivity contribution in [3.63, 3.8) is 0 Å². The molecule has 0 radical (unpaired) electrons. The lowest BCUT2D eigenvalue weighted by molar-refractivity contribution is 0.0998. The molecule has 1 unspecified atom stereocenters. The first-order valence-electron chi connectivity index (χ1n) is 8.56. The van der Waals surface area contributed by atoms with Crippen molar-refractivity contribution in [3.8, 4) is 5.75 Å². The van der Waals surface area contributed by atoms with Gasteiger partial charge >= 0.3 is 0 Å². The van der Waals surface area contributed by atoms with Crippen molar-refractivity contribution in [2.75, 3.05) is 20.2 Å². The molecular formula is C18H25N3O3. The van der Waals surface area contributed by atoms with Crippen LogP contribution in [0.1, 0.15) is 36.5 Å². The van der Waals surface area contributed by atoms with E-state index in [9.17, 15) is 0 Å². The number of nitrogens with zero attached hydrogens (tertiary/aromatic N) is 2. The van der Waals surface area contributed by atoms with Gasteiger partial charge in [-0.2, -0.15) is 4.98 Å². The van der Waals surface area contributed by atoms with E-state index in [1.54, 1.807) is 7.11 Å². The smallest absolute Gasteiger partial charge is 0.227 e. The van der Waals surface area contributed by atoms with E-state index in [2.05, 4.69) is 15.5 Å². The Kier molecular flexibility index (Phi) is 6.20. The quantitative estimate of drug-likeness (QED) is 0.841. The summed E-state index contributed by atoms with van der Waals surface area (Å²) >= 11 is 0.